The minimum Gasteiger partial charge on any atom is -0.352 e. The van der Waals surface area contributed by atoms with E-state index in [1.54, 1.807) is 6.20 Å². The Hall–Kier alpha value is -3.41. The number of nitrogens with zero attached hydrogens (tertiary/aromatic N) is 3. The van der Waals surface area contributed by atoms with E-state index in [1.165, 1.54) is 5.56 Å². The quantitative estimate of drug-likeness (QED) is 0.591. The third-order valence-electron chi connectivity index (χ3n) is 6.38. The van der Waals surface area contributed by atoms with E-state index in [4.69, 9.17) is 0 Å². The molecule has 1 unspecified atom stereocenters. The monoisotopic (exact) mass is 458 g/mol. The molecule has 0 saturated carbocycles. The number of hydrogen-bond donors (Lipinski definition) is 1. The summed E-state index contributed by atoms with van der Waals surface area (Å²) in [5, 5.41) is 3.13. The van der Waals surface area contributed by atoms with Gasteiger partial charge in [0.2, 0.25) is 11.8 Å². The topological polar surface area (TPSA) is 67.2 Å². The number of likely N-dealkylation sites (tertiary alicyclic amines) is 1. The van der Waals surface area contributed by atoms with Crippen molar-refractivity contribution in [2.45, 2.75) is 46.7 Å². The summed E-state index contributed by atoms with van der Waals surface area (Å²) in [5.74, 6) is -0.0154. The first-order valence-electron chi connectivity index (χ1n) is 12.0. The molecule has 2 heterocycles. The van der Waals surface area contributed by atoms with Crippen LogP contribution in [0.5, 0.6) is 0 Å². The number of carbonyl (C=O) groups excluding carboxylic acids is 2. The van der Waals surface area contributed by atoms with Crippen molar-refractivity contribution < 1.29 is 9.59 Å². The highest BCUT2D eigenvalue weighted by molar-refractivity contribution is 5.84. The summed E-state index contributed by atoms with van der Waals surface area (Å²) in [6.07, 6.45) is 7.24. The fourth-order valence-corrected chi connectivity index (χ4v) is 4.51. The second kappa shape index (κ2) is 10.2. The average Bonchev–Trinajstić information content (AvgIpc) is 3.35. The van der Waals surface area contributed by atoms with Crippen molar-refractivity contribution in [1.29, 1.82) is 0 Å². The number of amides is 2. The van der Waals surface area contributed by atoms with Crippen molar-refractivity contribution in [3.05, 3.63) is 78.4 Å². The van der Waals surface area contributed by atoms with Crippen molar-refractivity contribution >= 4 is 11.8 Å². The van der Waals surface area contributed by atoms with Gasteiger partial charge in [0.25, 0.3) is 0 Å². The second-order valence-corrected chi connectivity index (χ2v) is 10.1. The molecule has 0 radical (unpaired) electrons. The van der Waals surface area contributed by atoms with Crippen LogP contribution in [0.3, 0.4) is 0 Å². The van der Waals surface area contributed by atoms with Crippen LogP contribution in [-0.4, -0.2) is 39.4 Å². The minimum absolute atomic E-state index is 0.0249. The van der Waals surface area contributed by atoms with Gasteiger partial charge in [0.1, 0.15) is 0 Å². The van der Waals surface area contributed by atoms with Gasteiger partial charge in [0.15, 0.2) is 0 Å². The second-order valence-electron chi connectivity index (χ2n) is 10.1. The molecule has 1 fully saturated rings. The highest BCUT2D eigenvalue weighted by atomic mass is 16.2. The van der Waals surface area contributed by atoms with Crippen LogP contribution in [0, 0.1) is 11.3 Å². The number of aromatic nitrogens is 2. The highest BCUT2D eigenvalue weighted by Gasteiger charge is 2.33. The number of piperidine rings is 1. The van der Waals surface area contributed by atoms with Gasteiger partial charge < -0.3 is 14.8 Å². The average molecular weight is 459 g/mol. The number of hydrogen-bond acceptors (Lipinski definition) is 3. The molecule has 1 aromatic heterocycles. The molecular weight excluding hydrogens is 424 g/mol. The standard InChI is InChI=1S/C28H34N4O2/c1-28(2,3)27(34)32-15-6-8-24(19-32)26(33)30-17-23-7-4-5-9-25(23)22-12-10-21(11-13-22)18-31-16-14-29-20-31/h4-5,7,9-14,16,20,24H,6,8,15,17-19H2,1-3H3,(H,30,33). The maximum Gasteiger partial charge on any atom is 0.227 e. The van der Waals surface area contributed by atoms with Gasteiger partial charge >= 0.3 is 0 Å². The van der Waals surface area contributed by atoms with Crippen molar-refractivity contribution in [3.63, 3.8) is 0 Å². The van der Waals surface area contributed by atoms with E-state index in [0.717, 1.165) is 42.6 Å². The van der Waals surface area contributed by atoms with E-state index >= 15 is 0 Å². The van der Waals surface area contributed by atoms with Crippen LogP contribution < -0.4 is 5.32 Å². The molecule has 0 aliphatic carbocycles. The van der Waals surface area contributed by atoms with Crippen molar-refractivity contribution in [1.82, 2.24) is 19.8 Å². The molecule has 34 heavy (non-hydrogen) atoms. The molecule has 0 spiro atoms. The van der Waals surface area contributed by atoms with E-state index in [1.807, 2.05) is 54.9 Å². The van der Waals surface area contributed by atoms with Gasteiger partial charge in [-0.05, 0) is 35.1 Å². The predicted molar refractivity (Wildman–Crippen MR) is 134 cm³/mol. The Balaban J connectivity index is 1.39. The smallest absolute Gasteiger partial charge is 0.227 e. The van der Waals surface area contributed by atoms with Crippen molar-refractivity contribution in [2.75, 3.05) is 13.1 Å². The van der Waals surface area contributed by atoms with E-state index in [0.29, 0.717) is 13.1 Å². The Labute approximate surface area is 202 Å². The molecule has 1 N–H and O–H groups in total. The van der Waals surface area contributed by atoms with Crippen molar-refractivity contribution in [3.8, 4) is 11.1 Å². The lowest BCUT2D eigenvalue weighted by molar-refractivity contribution is -0.142. The van der Waals surface area contributed by atoms with Gasteiger partial charge in [-0.1, -0.05) is 69.3 Å². The predicted octanol–water partition coefficient (Wildman–Crippen LogP) is 4.50. The minimum atomic E-state index is -0.425. The largest absolute Gasteiger partial charge is 0.352 e. The molecule has 0 bridgehead atoms. The molecule has 1 aliphatic heterocycles. The van der Waals surface area contributed by atoms with E-state index in [9.17, 15) is 9.59 Å². The number of benzene rings is 2. The lowest BCUT2D eigenvalue weighted by atomic mass is 9.91. The molecule has 6 heteroatoms. The van der Waals surface area contributed by atoms with Gasteiger partial charge in [0.05, 0.1) is 12.2 Å². The zero-order valence-corrected chi connectivity index (χ0v) is 20.3. The molecule has 4 rings (SSSR count). The first kappa shape index (κ1) is 23.7. The van der Waals surface area contributed by atoms with Crippen molar-refractivity contribution in [2.24, 2.45) is 11.3 Å². The third kappa shape index (κ3) is 5.74. The summed E-state index contributed by atoms with van der Waals surface area (Å²) < 4.78 is 2.04. The molecular formula is C28H34N4O2. The zero-order chi connectivity index (χ0) is 24.1. The lowest BCUT2D eigenvalue weighted by Gasteiger charge is -2.35. The SMILES string of the molecule is CC(C)(C)C(=O)N1CCCC(C(=O)NCc2ccccc2-c2ccc(Cn3ccnc3)cc2)C1. The van der Waals surface area contributed by atoms with Gasteiger partial charge in [-0.3, -0.25) is 9.59 Å². The van der Waals surface area contributed by atoms with Crippen LogP contribution in [0.15, 0.2) is 67.3 Å². The number of imidazole rings is 1. The normalized spacial score (nSPS) is 16.3. The Bertz CT molecular complexity index is 1110. The maximum absolute atomic E-state index is 13.0. The Morgan fingerprint density at radius 3 is 2.56 bits per heavy atom. The van der Waals surface area contributed by atoms with Gasteiger partial charge in [0, 0.05) is 44.0 Å². The van der Waals surface area contributed by atoms with E-state index < -0.39 is 5.41 Å². The molecule has 178 valence electrons. The molecule has 1 aliphatic rings. The number of nitrogens with one attached hydrogen (secondary N) is 1. The van der Waals surface area contributed by atoms with Crippen LogP contribution in [0.1, 0.15) is 44.7 Å². The van der Waals surface area contributed by atoms with Crippen LogP contribution in [0.4, 0.5) is 0 Å². The summed E-state index contributed by atoms with van der Waals surface area (Å²) in [5.41, 5.74) is 4.10. The third-order valence-corrected chi connectivity index (χ3v) is 6.38. The Morgan fingerprint density at radius 2 is 1.85 bits per heavy atom. The van der Waals surface area contributed by atoms with Gasteiger partial charge in [-0.25, -0.2) is 4.98 Å². The van der Waals surface area contributed by atoms with Crippen LogP contribution >= 0.6 is 0 Å². The summed E-state index contributed by atoms with van der Waals surface area (Å²) in [4.78, 5) is 31.6. The van der Waals surface area contributed by atoms with E-state index in [-0.39, 0.29) is 17.7 Å². The summed E-state index contributed by atoms with van der Waals surface area (Å²) >= 11 is 0. The zero-order valence-electron chi connectivity index (χ0n) is 20.3. The number of rotatable bonds is 6. The summed E-state index contributed by atoms with van der Waals surface area (Å²) in [6, 6.07) is 16.7. The molecule has 6 nitrogen and oxygen atoms in total. The summed E-state index contributed by atoms with van der Waals surface area (Å²) in [6.45, 7) is 8.28. The van der Waals surface area contributed by atoms with Crippen LogP contribution in [0.2, 0.25) is 0 Å². The van der Waals surface area contributed by atoms with E-state index in [2.05, 4.69) is 46.7 Å². The van der Waals surface area contributed by atoms with Gasteiger partial charge in [-0.15, -0.1) is 0 Å². The Kier molecular flexibility index (Phi) is 7.15. The number of carbonyl (C=O) groups is 2. The molecule has 1 atom stereocenters. The molecule has 1 saturated heterocycles. The maximum atomic E-state index is 13.0. The lowest BCUT2D eigenvalue weighted by Crippen LogP contribution is -2.48. The fraction of sp³-hybridized carbons (Fsp3) is 0.393. The van der Waals surface area contributed by atoms with Gasteiger partial charge in [-0.2, -0.15) is 0 Å². The fourth-order valence-electron chi connectivity index (χ4n) is 4.51. The Morgan fingerprint density at radius 1 is 1.09 bits per heavy atom. The van der Waals surface area contributed by atoms with Crippen LogP contribution in [-0.2, 0) is 22.7 Å². The molecule has 2 aromatic carbocycles. The van der Waals surface area contributed by atoms with Crippen LogP contribution in [0.25, 0.3) is 11.1 Å². The highest BCUT2D eigenvalue weighted by Crippen LogP contribution is 2.26. The molecule has 2 amide bonds. The molecule has 3 aromatic rings. The first-order valence-corrected chi connectivity index (χ1v) is 12.0. The summed E-state index contributed by atoms with van der Waals surface area (Å²) in [7, 11) is 0. The first-order chi connectivity index (χ1) is 16.3.